The zero-order valence-corrected chi connectivity index (χ0v) is 9.00. The van der Waals surface area contributed by atoms with Crippen LogP contribution in [0, 0.1) is 0 Å². The van der Waals surface area contributed by atoms with Gasteiger partial charge in [0.1, 0.15) is 0 Å². The van der Waals surface area contributed by atoms with Gasteiger partial charge in [-0.05, 0) is 44.5 Å². The van der Waals surface area contributed by atoms with Gasteiger partial charge in [0.05, 0.1) is 0 Å². The van der Waals surface area contributed by atoms with Gasteiger partial charge in [-0.2, -0.15) is 0 Å². The molecule has 13 heavy (non-hydrogen) atoms. The zero-order valence-electron chi connectivity index (χ0n) is 9.00. The summed E-state index contributed by atoms with van der Waals surface area (Å²) in [6, 6.07) is 0. The van der Waals surface area contributed by atoms with Crippen molar-refractivity contribution in [3.05, 3.63) is 0 Å². The first-order valence-electron chi connectivity index (χ1n) is 5.38. The summed E-state index contributed by atoms with van der Waals surface area (Å²) in [6.07, 6.45) is 9.77. The molecule has 0 radical (unpaired) electrons. The highest BCUT2D eigenvalue weighted by atomic mass is 14.7. The lowest BCUT2D eigenvalue weighted by Gasteiger charge is -1.94. The maximum absolute atomic E-state index is 4.26. The lowest BCUT2D eigenvalue weighted by molar-refractivity contribution is 0.697. The number of aliphatic imine (C=N–C) groups is 2. The fourth-order valence-electron chi connectivity index (χ4n) is 1.02. The van der Waals surface area contributed by atoms with Crippen LogP contribution in [-0.4, -0.2) is 25.5 Å². The minimum Gasteiger partial charge on any atom is -0.298 e. The molecule has 0 N–H and O–H groups in total. The number of hydrogen-bond acceptors (Lipinski definition) is 2. The van der Waals surface area contributed by atoms with Gasteiger partial charge >= 0.3 is 0 Å². The Morgan fingerprint density at radius 2 is 1.23 bits per heavy atom. The normalized spacial score (nSPS) is 11.8. The summed E-state index contributed by atoms with van der Waals surface area (Å²) in [5, 5.41) is 0. The van der Waals surface area contributed by atoms with Crippen LogP contribution in [0.3, 0.4) is 0 Å². The summed E-state index contributed by atoms with van der Waals surface area (Å²) >= 11 is 0. The van der Waals surface area contributed by atoms with Crippen LogP contribution in [0.5, 0.6) is 0 Å². The Morgan fingerprint density at radius 3 is 1.62 bits per heavy atom. The molecule has 0 saturated heterocycles. The lowest BCUT2D eigenvalue weighted by atomic mass is 10.2. The molecule has 0 bridgehead atoms. The summed E-state index contributed by atoms with van der Waals surface area (Å²) in [5.74, 6) is 0. The molecule has 0 aromatic heterocycles. The van der Waals surface area contributed by atoms with E-state index >= 15 is 0 Å². The molecule has 0 aliphatic heterocycles. The largest absolute Gasteiger partial charge is 0.298 e. The summed E-state index contributed by atoms with van der Waals surface area (Å²) in [7, 11) is 0. The van der Waals surface area contributed by atoms with E-state index < -0.39 is 0 Å². The van der Waals surface area contributed by atoms with Gasteiger partial charge in [0.15, 0.2) is 0 Å². The van der Waals surface area contributed by atoms with Crippen LogP contribution in [0.1, 0.15) is 46.0 Å². The maximum Gasteiger partial charge on any atom is 0.0385 e. The second-order valence-corrected chi connectivity index (χ2v) is 3.05. The minimum absolute atomic E-state index is 0.991. The van der Waals surface area contributed by atoms with Gasteiger partial charge in [-0.3, -0.25) is 9.98 Å². The number of rotatable bonds is 8. The Labute approximate surface area is 82.2 Å². The van der Waals surface area contributed by atoms with E-state index in [0.29, 0.717) is 0 Å². The number of unbranched alkanes of at least 4 members (excludes halogenated alkanes) is 2. The molecule has 0 saturated carbocycles. The van der Waals surface area contributed by atoms with E-state index in [4.69, 9.17) is 0 Å². The summed E-state index contributed by atoms with van der Waals surface area (Å²) in [6.45, 7) is 6.21. The van der Waals surface area contributed by atoms with E-state index in [0.717, 1.165) is 25.9 Å². The Morgan fingerprint density at radius 1 is 0.769 bits per heavy atom. The SMILES string of the molecule is CCC=NCCCCCN=CCC. The molecule has 0 aliphatic rings. The van der Waals surface area contributed by atoms with Crippen molar-refractivity contribution in [2.45, 2.75) is 46.0 Å². The Hall–Kier alpha value is -0.660. The van der Waals surface area contributed by atoms with Gasteiger partial charge in [-0.15, -0.1) is 0 Å². The smallest absolute Gasteiger partial charge is 0.0385 e. The molecule has 76 valence electrons. The standard InChI is InChI=1S/C11H22N2/c1-3-8-12-10-6-5-7-11-13-9-4-2/h8-9H,3-7,10-11H2,1-2H3. The van der Waals surface area contributed by atoms with Crippen LogP contribution >= 0.6 is 0 Å². The van der Waals surface area contributed by atoms with Gasteiger partial charge in [0.25, 0.3) is 0 Å². The van der Waals surface area contributed by atoms with Gasteiger partial charge < -0.3 is 0 Å². The topological polar surface area (TPSA) is 24.7 Å². The van der Waals surface area contributed by atoms with E-state index in [9.17, 15) is 0 Å². The molecule has 0 heterocycles. The first-order valence-corrected chi connectivity index (χ1v) is 5.38. The van der Waals surface area contributed by atoms with Crippen molar-refractivity contribution in [3.63, 3.8) is 0 Å². The van der Waals surface area contributed by atoms with Gasteiger partial charge in [0, 0.05) is 13.1 Å². The van der Waals surface area contributed by atoms with Gasteiger partial charge in [-0.25, -0.2) is 0 Å². The zero-order chi connectivity index (χ0) is 9.78. The molecule has 0 aromatic rings. The van der Waals surface area contributed by atoms with Crippen molar-refractivity contribution >= 4 is 12.4 Å². The third kappa shape index (κ3) is 11.3. The fourth-order valence-corrected chi connectivity index (χ4v) is 1.02. The Bertz CT molecular complexity index is 123. The van der Waals surface area contributed by atoms with Crippen LogP contribution in [0.2, 0.25) is 0 Å². The molecule has 0 fully saturated rings. The summed E-state index contributed by atoms with van der Waals surface area (Å²) < 4.78 is 0. The third-order valence-corrected chi connectivity index (χ3v) is 1.70. The third-order valence-electron chi connectivity index (χ3n) is 1.70. The first kappa shape index (κ1) is 12.3. The molecule has 0 spiro atoms. The second-order valence-electron chi connectivity index (χ2n) is 3.05. The lowest BCUT2D eigenvalue weighted by Crippen LogP contribution is -1.86. The van der Waals surface area contributed by atoms with Crippen molar-refractivity contribution in [3.8, 4) is 0 Å². The number of nitrogens with zero attached hydrogens (tertiary/aromatic N) is 2. The molecule has 2 heteroatoms. The molecular formula is C11H22N2. The molecule has 0 amide bonds. The highest BCUT2D eigenvalue weighted by Crippen LogP contribution is 1.95. The highest BCUT2D eigenvalue weighted by Gasteiger charge is 1.85. The monoisotopic (exact) mass is 182 g/mol. The Balaban J connectivity index is 2.99. The van der Waals surface area contributed by atoms with E-state index in [1.807, 2.05) is 12.4 Å². The van der Waals surface area contributed by atoms with Crippen LogP contribution in [0.15, 0.2) is 9.98 Å². The van der Waals surface area contributed by atoms with Crippen LogP contribution in [-0.2, 0) is 0 Å². The van der Waals surface area contributed by atoms with Crippen LogP contribution in [0.25, 0.3) is 0 Å². The second kappa shape index (κ2) is 11.3. The molecule has 0 rings (SSSR count). The van der Waals surface area contributed by atoms with Gasteiger partial charge in [0.2, 0.25) is 0 Å². The van der Waals surface area contributed by atoms with E-state index in [-0.39, 0.29) is 0 Å². The van der Waals surface area contributed by atoms with Crippen molar-refractivity contribution in [2.24, 2.45) is 9.98 Å². The van der Waals surface area contributed by atoms with E-state index in [2.05, 4.69) is 23.8 Å². The molecule has 0 unspecified atom stereocenters. The number of hydrogen-bond donors (Lipinski definition) is 0. The average Bonchev–Trinajstić information content (AvgIpc) is 2.16. The van der Waals surface area contributed by atoms with Crippen molar-refractivity contribution in [1.29, 1.82) is 0 Å². The molecule has 0 aliphatic carbocycles. The molecule has 0 aromatic carbocycles. The van der Waals surface area contributed by atoms with Crippen molar-refractivity contribution < 1.29 is 0 Å². The van der Waals surface area contributed by atoms with Gasteiger partial charge in [-0.1, -0.05) is 13.8 Å². The average molecular weight is 182 g/mol. The van der Waals surface area contributed by atoms with Crippen LogP contribution in [0.4, 0.5) is 0 Å². The quantitative estimate of drug-likeness (QED) is 0.407. The van der Waals surface area contributed by atoms with E-state index in [1.165, 1.54) is 19.3 Å². The molecular weight excluding hydrogens is 160 g/mol. The first-order chi connectivity index (χ1) is 6.41. The van der Waals surface area contributed by atoms with E-state index in [1.54, 1.807) is 0 Å². The van der Waals surface area contributed by atoms with Crippen LogP contribution < -0.4 is 0 Å². The predicted molar refractivity (Wildman–Crippen MR) is 61.2 cm³/mol. The maximum atomic E-state index is 4.26. The summed E-state index contributed by atoms with van der Waals surface area (Å²) in [5.41, 5.74) is 0. The minimum atomic E-state index is 0.991. The van der Waals surface area contributed by atoms with Crippen molar-refractivity contribution in [2.75, 3.05) is 13.1 Å². The molecule has 2 nitrogen and oxygen atoms in total. The summed E-state index contributed by atoms with van der Waals surface area (Å²) in [4.78, 5) is 8.52. The fraction of sp³-hybridized carbons (Fsp3) is 0.818. The predicted octanol–water partition coefficient (Wildman–Crippen LogP) is 3.12. The molecule has 0 atom stereocenters. The van der Waals surface area contributed by atoms with Crippen molar-refractivity contribution in [1.82, 2.24) is 0 Å². The highest BCUT2D eigenvalue weighted by molar-refractivity contribution is 5.56. The Kier molecular flexibility index (Phi) is 10.8.